The van der Waals surface area contributed by atoms with Gasteiger partial charge in [0.1, 0.15) is 0 Å². The monoisotopic (exact) mass is 402 g/mol. The number of nitrogens with zero attached hydrogens (tertiary/aromatic N) is 3. The maximum atomic E-state index is 12.2. The van der Waals surface area contributed by atoms with Crippen molar-refractivity contribution >= 4 is 22.4 Å². The van der Waals surface area contributed by atoms with Gasteiger partial charge in [-0.05, 0) is 24.6 Å². The maximum Gasteiger partial charge on any atom is 0.227 e. The van der Waals surface area contributed by atoms with Crippen molar-refractivity contribution in [2.45, 2.75) is 32.6 Å². The maximum absolute atomic E-state index is 12.2. The third-order valence-electron chi connectivity index (χ3n) is 3.98. The van der Waals surface area contributed by atoms with Gasteiger partial charge in [-0.2, -0.15) is 4.98 Å². The van der Waals surface area contributed by atoms with Crippen molar-refractivity contribution in [3.05, 3.63) is 35.3 Å². The van der Waals surface area contributed by atoms with Crippen molar-refractivity contribution < 1.29 is 18.8 Å². The lowest BCUT2D eigenvalue weighted by atomic mass is 10.1. The number of hydrogen-bond acceptors (Lipinski definition) is 8. The van der Waals surface area contributed by atoms with Crippen molar-refractivity contribution in [1.29, 1.82) is 0 Å². The van der Waals surface area contributed by atoms with Gasteiger partial charge in [0.15, 0.2) is 22.5 Å². The van der Waals surface area contributed by atoms with E-state index in [1.807, 2.05) is 30.5 Å². The molecule has 0 aliphatic rings. The van der Waals surface area contributed by atoms with E-state index >= 15 is 0 Å². The van der Waals surface area contributed by atoms with Crippen LogP contribution in [0.15, 0.2) is 28.1 Å². The highest BCUT2D eigenvalue weighted by Gasteiger charge is 2.13. The molecule has 1 N–H and O–H groups in total. The Labute approximate surface area is 166 Å². The Bertz CT molecular complexity index is 938. The molecule has 0 spiro atoms. The largest absolute Gasteiger partial charge is 0.493 e. The first-order chi connectivity index (χ1) is 13.6. The second kappa shape index (κ2) is 9.32. The van der Waals surface area contributed by atoms with Gasteiger partial charge < -0.3 is 19.3 Å². The minimum atomic E-state index is -0.150. The zero-order valence-electron chi connectivity index (χ0n) is 16.0. The van der Waals surface area contributed by atoms with E-state index in [2.05, 4.69) is 20.4 Å². The van der Waals surface area contributed by atoms with Crippen LogP contribution in [0, 0.1) is 0 Å². The summed E-state index contributed by atoms with van der Waals surface area (Å²) in [5.41, 5.74) is 1.63. The number of methoxy groups -OCH3 is 2. The van der Waals surface area contributed by atoms with Crippen molar-refractivity contribution in [1.82, 2.24) is 15.1 Å². The van der Waals surface area contributed by atoms with Crippen LogP contribution < -0.4 is 14.8 Å². The summed E-state index contributed by atoms with van der Waals surface area (Å²) in [6, 6.07) is 5.57. The van der Waals surface area contributed by atoms with Gasteiger partial charge in [0.2, 0.25) is 11.8 Å². The number of anilines is 1. The van der Waals surface area contributed by atoms with Gasteiger partial charge in [0, 0.05) is 30.2 Å². The second-order valence-electron chi connectivity index (χ2n) is 6.01. The van der Waals surface area contributed by atoms with Crippen molar-refractivity contribution in [2.75, 3.05) is 19.5 Å². The molecule has 8 nitrogen and oxygen atoms in total. The highest BCUT2D eigenvalue weighted by molar-refractivity contribution is 7.14. The molecule has 1 amide bonds. The molecule has 0 saturated carbocycles. The lowest BCUT2D eigenvalue weighted by molar-refractivity contribution is -0.116. The molecule has 2 aromatic heterocycles. The highest BCUT2D eigenvalue weighted by Crippen LogP contribution is 2.33. The van der Waals surface area contributed by atoms with E-state index in [0.29, 0.717) is 34.8 Å². The minimum absolute atomic E-state index is 0.150. The molecule has 2 heterocycles. The van der Waals surface area contributed by atoms with Crippen molar-refractivity contribution in [2.24, 2.45) is 0 Å². The molecule has 0 fully saturated rings. The molecule has 3 aromatic rings. The molecule has 0 bridgehead atoms. The first kappa shape index (κ1) is 19.8. The van der Waals surface area contributed by atoms with Crippen LogP contribution in [0.5, 0.6) is 11.5 Å². The number of aromatic nitrogens is 3. The first-order valence-electron chi connectivity index (χ1n) is 8.92. The van der Waals surface area contributed by atoms with Crippen LogP contribution in [0.25, 0.3) is 11.3 Å². The predicted molar refractivity (Wildman–Crippen MR) is 106 cm³/mol. The Morgan fingerprint density at radius 1 is 1.18 bits per heavy atom. The molecule has 28 heavy (non-hydrogen) atoms. The fourth-order valence-corrected chi connectivity index (χ4v) is 3.31. The summed E-state index contributed by atoms with van der Waals surface area (Å²) in [5, 5.41) is 9.11. The van der Waals surface area contributed by atoms with Crippen LogP contribution >= 0.6 is 11.3 Å². The number of amides is 1. The van der Waals surface area contributed by atoms with E-state index in [1.54, 1.807) is 14.2 Å². The Balaban J connectivity index is 1.58. The van der Waals surface area contributed by atoms with Gasteiger partial charge in [0.25, 0.3) is 0 Å². The number of hydrogen-bond donors (Lipinski definition) is 1. The van der Waals surface area contributed by atoms with Crippen LogP contribution in [-0.4, -0.2) is 35.3 Å². The first-order valence-corrected chi connectivity index (χ1v) is 9.80. The number of rotatable bonds is 9. The number of carbonyl (C=O) groups excluding carboxylic acids is 1. The van der Waals surface area contributed by atoms with Gasteiger partial charge in [-0.25, -0.2) is 4.98 Å². The fraction of sp³-hybridized carbons (Fsp3) is 0.368. The summed E-state index contributed by atoms with van der Waals surface area (Å²) >= 11 is 1.36. The van der Waals surface area contributed by atoms with Gasteiger partial charge in [-0.1, -0.05) is 12.1 Å². The molecule has 0 radical (unpaired) electrons. The fourth-order valence-electron chi connectivity index (χ4n) is 2.58. The molecule has 0 atom stereocenters. The van der Waals surface area contributed by atoms with Crippen LogP contribution in [0.2, 0.25) is 0 Å². The topological polar surface area (TPSA) is 99.4 Å². The molecular weight excluding hydrogens is 380 g/mol. The summed E-state index contributed by atoms with van der Waals surface area (Å²) in [5.74, 6) is 2.28. The van der Waals surface area contributed by atoms with E-state index < -0.39 is 0 Å². The van der Waals surface area contributed by atoms with Crippen molar-refractivity contribution in [3.8, 4) is 22.8 Å². The third-order valence-corrected chi connectivity index (χ3v) is 4.74. The molecule has 148 valence electrons. The quantitative estimate of drug-likeness (QED) is 0.582. The van der Waals surface area contributed by atoms with E-state index in [1.165, 1.54) is 11.3 Å². The number of carbonyl (C=O) groups is 1. The summed E-state index contributed by atoms with van der Waals surface area (Å²) in [4.78, 5) is 20.9. The standard InChI is InChI=1S/C19H22N4O4S/c1-4-5-16-21-18(27-23-16)9-8-17(24)22-19-20-13(11-28-19)12-6-7-14(25-2)15(10-12)26-3/h6-7,10-11H,4-5,8-9H2,1-3H3,(H,20,22,24). The lowest BCUT2D eigenvalue weighted by Gasteiger charge is -2.08. The average Bonchev–Trinajstić information content (AvgIpc) is 3.35. The van der Waals surface area contributed by atoms with E-state index in [9.17, 15) is 4.79 Å². The van der Waals surface area contributed by atoms with E-state index in [-0.39, 0.29) is 12.3 Å². The molecular formula is C19H22N4O4S. The molecule has 3 rings (SSSR count). The molecule has 1 aromatic carbocycles. The Morgan fingerprint density at radius 3 is 2.75 bits per heavy atom. The summed E-state index contributed by atoms with van der Waals surface area (Å²) < 4.78 is 15.7. The molecule has 0 saturated heterocycles. The molecule has 0 aliphatic heterocycles. The van der Waals surface area contributed by atoms with Crippen LogP contribution in [0.1, 0.15) is 31.5 Å². The highest BCUT2D eigenvalue weighted by atomic mass is 32.1. The van der Waals surface area contributed by atoms with Gasteiger partial charge >= 0.3 is 0 Å². The van der Waals surface area contributed by atoms with Gasteiger partial charge in [-0.15, -0.1) is 11.3 Å². The Morgan fingerprint density at radius 2 is 2.00 bits per heavy atom. The lowest BCUT2D eigenvalue weighted by Crippen LogP contribution is -2.12. The zero-order valence-corrected chi connectivity index (χ0v) is 16.8. The molecule has 9 heteroatoms. The number of nitrogens with one attached hydrogen (secondary N) is 1. The van der Waals surface area contributed by atoms with Gasteiger partial charge in [0.05, 0.1) is 19.9 Å². The molecule has 0 unspecified atom stereocenters. The predicted octanol–water partition coefficient (Wildman–Crippen LogP) is 3.73. The van der Waals surface area contributed by atoms with Crippen LogP contribution in [0.3, 0.4) is 0 Å². The summed E-state index contributed by atoms with van der Waals surface area (Å²) in [6.45, 7) is 2.05. The van der Waals surface area contributed by atoms with Gasteiger partial charge in [-0.3, -0.25) is 4.79 Å². The molecule has 0 aliphatic carbocycles. The third kappa shape index (κ3) is 4.86. The minimum Gasteiger partial charge on any atom is -0.493 e. The normalized spacial score (nSPS) is 10.7. The van der Waals surface area contributed by atoms with Crippen LogP contribution in [-0.2, 0) is 17.6 Å². The van der Waals surface area contributed by atoms with E-state index in [0.717, 1.165) is 24.1 Å². The number of thiazole rings is 1. The number of benzene rings is 1. The zero-order chi connectivity index (χ0) is 19.9. The smallest absolute Gasteiger partial charge is 0.227 e. The van der Waals surface area contributed by atoms with Crippen molar-refractivity contribution in [3.63, 3.8) is 0 Å². The SMILES string of the molecule is CCCc1noc(CCC(=O)Nc2nc(-c3ccc(OC)c(OC)c3)cs2)n1. The number of ether oxygens (including phenoxy) is 2. The van der Waals surface area contributed by atoms with E-state index in [4.69, 9.17) is 14.0 Å². The average molecular weight is 402 g/mol. The summed E-state index contributed by atoms with van der Waals surface area (Å²) in [7, 11) is 3.18. The Kier molecular flexibility index (Phi) is 6.59. The van der Waals surface area contributed by atoms with Crippen LogP contribution in [0.4, 0.5) is 5.13 Å². The Hall–Kier alpha value is -2.94. The second-order valence-corrected chi connectivity index (χ2v) is 6.87. The number of aryl methyl sites for hydroxylation is 2. The summed E-state index contributed by atoms with van der Waals surface area (Å²) in [6.07, 6.45) is 2.37.